The highest BCUT2D eigenvalue weighted by molar-refractivity contribution is 5.15. The molecule has 2 nitrogen and oxygen atoms in total. The Morgan fingerprint density at radius 1 is 1.06 bits per heavy atom. The van der Waals surface area contributed by atoms with E-state index >= 15 is 0 Å². The van der Waals surface area contributed by atoms with Crippen LogP contribution in [0.4, 0.5) is 0 Å². The normalized spacial score (nSPS) is 26.9. The van der Waals surface area contributed by atoms with Gasteiger partial charge in [-0.2, -0.15) is 0 Å². The second-order valence-electron chi connectivity index (χ2n) is 5.09. The summed E-state index contributed by atoms with van der Waals surface area (Å²) >= 11 is 0. The number of hydrogen-bond acceptors (Lipinski definition) is 2. The number of benzene rings is 1. The van der Waals surface area contributed by atoms with Crippen molar-refractivity contribution in [3.05, 3.63) is 35.9 Å². The molecule has 2 aliphatic rings. The minimum atomic E-state index is 0.410. The van der Waals surface area contributed by atoms with Crippen LogP contribution < -0.4 is 5.43 Å². The summed E-state index contributed by atoms with van der Waals surface area (Å²) in [6.45, 7) is 1.16. The number of nitrogens with zero attached hydrogens (tertiary/aromatic N) is 1. The highest BCUT2D eigenvalue weighted by atomic mass is 15.8. The maximum absolute atomic E-state index is 3.59. The molecule has 1 saturated heterocycles. The van der Waals surface area contributed by atoms with Gasteiger partial charge in [-0.15, -0.1) is 0 Å². The molecule has 1 saturated carbocycles. The average Bonchev–Trinajstić information content (AvgIpc) is 3.01. The third-order valence-electron chi connectivity index (χ3n) is 3.96. The van der Waals surface area contributed by atoms with Gasteiger partial charge in [0.05, 0.1) is 5.66 Å². The molecule has 1 aliphatic heterocycles. The molecule has 86 valence electrons. The quantitative estimate of drug-likeness (QED) is 0.786. The molecule has 1 N–H and O–H groups in total. The van der Waals surface area contributed by atoms with E-state index in [4.69, 9.17) is 0 Å². The van der Waals surface area contributed by atoms with E-state index in [1.807, 2.05) is 0 Å². The summed E-state index contributed by atoms with van der Waals surface area (Å²) in [6.07, 6.45) is 8.08. The predicted molar refractivity (Wildman–Crippen MR) is 65.8 cm³/mol. The Kier molecular flexibility index (Phi) is 2.70. The van der Waals surface area contributed by atoms with Gasteiger partial charge in [0.2, 0.25) is 0 Å². The molecule has 1 aromatic carbocycles. The molecular weight excluding hydrogens is 196 g/mol. The molecule has 0 radical (unpaired) electrons. The Labute approximate surface area is 97.6 Å². The average molecular weight is 216 g/mol. The van der Waals surface area contributed by atoms with Crippen LogP contribution in [0.15, 0.2) is 30.3 Å². The van der Waals surface area contributed by atoms with Crippen molar-refractivity contribution >= 4 is 0 Å². The minimum Gasteiger partial charge on any atom is -0.232 e. The Bertz CT molecular complexity index is 341. The molecule has 1 unspecified atom stereocenters. The third kappa shape index (κ3) is 2.00. The number of hydrazine groups is 1. The molecule has 16 heavy (non-hydrogen) atoms. The molecule has 0 aromatic heterocycles. The van der Waals surface area contributed by atoms with E-state index in [2.05, 4.69) is 40.8 Å². The lowest BCUT2D eigenvalue weighted by Crippen LogP contribution is -2.23. The fourth-order valence-electron chi connectivity index (χ4n) is 2.90. The lowest BCUT2D eigenvalue weighted by Gasteiger charge is -2.19. The van der Waals surface area contributed by atoms with Crippen molar-refractivity contribution in [2.45, 2.75) is 44.2 Å². The summed E-state index contributed by atoms with van der Waals surface area (Å²) in [5.74, 6) is 0. The van der Waals surface area contributed by atoms with Crippen LogP contribution in [-0.4, -0.2) is 17.2 Å². The maximum Gasteiger partial charge on any atom is 0.0974 e. The largest absolute Gasteiger partial charge is 0.232 e. The van der Waals surface area contributed by atoms with E-state index in [-0.39, 0.29) is 0 Å². The second kappa shape index (κ2) is 4.19. The zero-order valence-corrected chi connectivity index (χ0v) is 9.78. The van der Waals surface area contributed by atoms with Gasteiger partial charge in [0.1, 0.15) is 0 Å². The summed E-state index contributed by atoms with van der Waals surface area (Å²) in [6, 6.07) is 10.8. The molecular formula is C14H20N2. The van der Waals surface area contributed by atoms with Crippen molar-refractivity contribution in [2.75, 3.05) is 6.54 Å². The molecule has 0 bridgehead atoms. The van der Waals surface area contributed by atoms with Crippen molar-refractivity contribution in [2.24, 2.45) is 0 Å². The first-order valence-electron chi connectivity index (χ1n) is 6.48. The second-order valence-corrected chi connectivity index (χ2v) is 5.09. The van der Waals surface area contributed by atoms with E-state index in [9.17, 15) is 0 Å². The molecule has 1 aliphatic carbocycles. The van der Waals surface area contributed by atoms with E-state index in [0.717, 1.165) is 13.0 Å². The predicted octanol–water partition coefficient (Wildman–Crippen LogP) is 2.71. The number of hydrogen-bond donors (Lipinski definition) is 1. The van der Waals surface area contributed by atoms with Gasteiger partial charge in [0, 0.05) is 6.54 Å². The summed E-state index contributed by atoms with van der Waals surface area (Å²) in [4.78, 5) is 0. The summed E-state index contributed by atoms with van der Waals surface area (Å²) in [5.41, 5.74) is 5.44. The molecule has 1 spiro atoms. The molecule has 2 heteroatoms. The van der Waals surface area contributed by atoms with Crippen LogP contribution in [-0.2, 0) is 6.42 Å². The van der Waals surface area contributed by atoms with Crippen LogP contribution in [0.25, 0.3) is 0 Å². The van der Waals surface area contributed by atoms with E-state index in [1.54, 1.807) is 0 Å². The van der Waals surface area contributed by atoms with E-state index in [1.165, 1.54) is 37.7 Å². The van der Waals surface area contributed by atoms with Crippen molar-refractivity contribution < 1.29 is 0 Å². The SMILES string of the molecule is c1ccc(CCN2NC23CCCCC3)cc1. The zero-order valence-electron chi connectivity index (χ0n) is 9.78. The minimum absolute atomic E-state index is 0.410. The third-order valence-corrected chi connectivity index (χ3v) is 3.96. The van der Waals surface area contributed by atoms with Crippen molar-refractivity contribution in [3.63, 3.8) is 0 Å². The van der Waals surface area contributed by atoms with Crippen LogP contribution in [0.3, 0.4) is 0 Å². The summed E-state index contributed by atoms with van der Waals surface area (Å²) < 4.78 is 0. The molecule has 2 fully saturated rings. The highest BCUT2D eigenvalue weighted by Crippen LogP contribution is 2.39. The first-order chi connectivity index (χ1) is 7.89. The first kappa shape index (κ1) is 10.3. The maximum atomic E-state index is 3.59. The van der Waals surface area contributed by atoms with Crippen LogP contribution >= 0.6 is 0 Å². The van der Waals surface area contributed by atoms with E-state index < -0.39 is 0 Å². The lowest BCUT2D eigenvalue weighted by atomic mass is 9.92. The van der Waals surface area contributed by atoms with Crippen LogP contribution in [0, 0.1) is 0 Å². The number of nitrogens with one attached hydrogen (secondary N) is 1. The zero-order chi connectivity index (χ0) is 10.8. The monoisotopic (exact) mass is 216 g/mol. The number of rotatable bonds is 3. The molecule has 1 heterocycles. The van der Waals surface area contributed by atoms with Crippen LogP contribution in [0.5, 0.6) is 0 Å². The Balaban J connectivity index is 1.51. The van der Waals surface area contributed by atoms with Crippen LogP contribution in [0.2, 0.25) is 0 Å². The van der Waals surface area contributed by atoms with Crippen molar-refractivity contribution in [3.8, 4) is 0 Å². The fraction of sp³-hybridized carbons (Fsp3) is 0.571. The van der Waals surface area contributed by atoms with Gasteiger partial charge < -0.3 is 0 Å². The smallest absolute Gasteiger partial charge is 0.0974 e. The molecule has 3 rings (SSSR count). The van der Waals surface area contributed by atoms with E-state index in [0.29, 0.717) is 5.66 Å². The topological polar surface area (TPSA) is 25.0 Å². The van der Waals surface area contributed by atoms with Crippen LogP contribution in [0.1, 0.15) is 37.7 Å². The Morgan fingerprint density at radius 2 is 1.81 bits per heavy atom. The van der Waals surface area contributed by atoms with Crippen molar-refractivity contribution in [1.29, 1.82) is 0 Å². The molecule has 1 atom stereocenters. The van der Waals surface area contributed by atoms with Crippen molar-refractivity contribution in [1.82, 2.24) is 10.4 Å². The van der Waals surface area contributed by atoms with Gasteiger partial charge >= 0.3 is 0 Å². The molecule has 0 amide bonds. The van der Waals surface area contributed by atoms with Gasteiger partial charge in [-0.3, -0.25) is 0 Å². The summed E-state index contributed by atoms with van der Waals surface area (Å²) in [7, 11) is 0. The standard InChI is InChI=1S/C14H20N2/c1-3-7-13(8-4-1)9-12-16-14(15-16)10-5-2-6-11-14/h1,3-4,7-8,15H,2,5-6,9-12H2. The van der Waals surface area contributed by atoms with Gasteiger partial charge in [-0.05, 0) is 24.8 Å². The highest BCUT2D eigenvalue weighted by Gasteiger charge is 2.50. The fourth-order valence-corrected chi connectivity index (χ4v) is 2.90. The summed E-state index contributed by atoms with van der Waals surface area (Å²) in [5, 5.41) is 2.46. The van der Waals surface area contributed by atoms with Gasteiger partial charge in [-0.1, -0.05) is 49.6 Å². The Hall–Kier alpha value is -0.860. The Morgan fingerprint density at radius 3 is 2.56 bits per heavy atom. The lowest BCUT2D eigenvalue weighted by molar-refractivity contribution is 0.312. The first-order valence-corrected chi connectivity index (χ1v) is 6.48. The molecule has 1 aromatic rings. The van der Waals surface area contributed by atoms with Gasteiger partial charge in [0.15, 0.2) is 0 Å². The van der Waals surface area contributed by atoms with Gasteiger partial charge in [-0.25, -0.2) is 10.4 Å². The van der Waals surface area contributed by atoms with Gasteiger partial charge in [0.25, 0.3) is 0 Å².